The van der Waals surface area contributed by atoms with Crippen molar-refractivity contribution in [3.8, 4) is 0 Å². The molecule has 15 heteroatoms. The number of nitrogens with two attached hydrogens (primary N) is 2. The fourth-order valence-electron chi connectivity index (χ4n) is 1.65. The number of nitrogen functional groups attached to an aromatic ring is 2. The first-order chi connectivity index (χ1) is 11.1. The minimum absolute atomic E-state index is 0.0675. The number of aromatic nitrogens is 6. The van der Waals surface area contributed by atoms with Gasteiger partial charge in [0.1, 0.15) is 12.1 Å². The first-order valence-electron chi connectivity index (χ1n) is 5.93. The highest BCUT2D eigenvalue weighted by Crippen LogP contribution is 2.25. The van der Waals surface area contributed by atoms with Crippen LogP contribution in [0.25, 0.3) is 11.2 Å². The van der Waals surface area contributed by atoms with Crippen LogP contribution in [0.2, 0.25) is 0 Å². The number of imidazole rings is 1. The molecule has 3 aromatic heterocycles. The molecule has 0 radical (unpaired) electrons. The van der Waals surface area contributed by atoms with Gasteiger partial charge in [-0.05, 0) is 6.07 Å². The Morgan fingerprint density at radius 1 is 1.12 bits per heavy atom. The van der Waals surface area contributed by atoms with E-state index in [9.17, 15) is 9.59 Å². The van der Waals surface area contributed by atoms with E-state index in [0.717, 1.165) is 4.68 Å². The Hall–Kier alpha value is -3.06. The van der Waals surface area contributed by atoms with Gasteiger partial charge < -0.3 is 26.1 Å². The molecule has 3 aromatic rings. The number of hydrogen-bond donors (Lipinski definition) is 6. The minimum atomic E-state index is -4.64. The highest BCUT2D eigenvalue weighted by molar-refractivity contribution is 7.45. The summed E-state index contributed by atoms with van der Waals surface area (Å²) in [4.78, 5) is 58.6. The highest BCUT2D eigenvalue weighted by Gasteiger charge is 2.11. The summed E-state index contributed by atoms with van der Waals surface area (Å²) in [6, 6.07) is 1.43. The summed E-state index contributed by atoms with van der Waals surface area (Å²) in [5.41, 5.74) is 9.97. The summed E-state index contributed by atoms with van der Waals surface area (Å²) in [7, 11) is -4.64. The molecule has 0 atom stereocenters. The second-order valence-corrected chi connectivity index (χ2v) is 5.23. The van der Waals surface area contributed by atoms with Gasteiger partial charge in [0.2, 0.25) is 5.95 Å². The van der Waals surface area contributed by atoms with Crippen molar-refractivity contribution in [1.82, 2.24) is 29.3 Å². The molecule has 14 nitrogen and oxygen atoms in total. The Balaban J connectivity index is 0.000000368. The Kier molecular flexibility index (Phi) is 4.48. The van der Waals surface area contributed by atoms with Gasteiger partial charge in [-0.1, -0.05) is 0 Å². The van der Waals surface area contributed by atoms with Gasteiger partial charge >= 0.3 is 13.5 Å². The van der Waals surface area contributed by atoms with Gasteiger partial charge in [0, 0.05) is 6.20 Å². The van der Waals surface area contributed by atoms with E-state index in [1.54, 1.807) is 0 Å². The average molecular weight is 358 g/mol. The van der Waals surface area contributed by atoms with Crippen LogP contribution in [-0.2, 0) is 4.57 Å². The third-order valence-corrected chi connectivity index (χ3v) is 2.45. The molecule has 24 heavy (non-hydrogen) atoms. The van der Waals surface area contributed by atoms with Crippen LogP contribution in [0.4, 0.5) is 11.8 Å². The summed E-state index contributed by atoms with van der Waals surface area (Å²) in [5, 5.41) is 0. The normalized spacial score (nSPS) is 11.1. The zero-order valence-corrected chi connectivity index (χ0v) is 12.5. The molecule has 8 N–H and O–H groups in total. The number of anilines is 2. The van der Waals surface area contributed by atoms with E-state index >= 15 is 0 Å². The van der Waals surface area contributed by atoms with Crippen LogP contribution < -0.4 is 22.7 Å². The molecule has 128 valence electrons. The zero-order chi connectivity index (χ0) is 18.1. The number of aromatic amines is 1. The van der Waals surface area contributed by atoms with E-state index in [1.807, 2.05) is 0 Å². The summed E-state index contributed by atoms with van der Waals surface area (Å²) in [6.07, 6.45) is 2.66. The molecule has 0 aliphatic carbocycles. The number of nitrogens with zero attached hydrogens (tertiary/aromatic N) is 5. The Bertz CT molecular complexity index is 1040. The molecule has 0 bridgehead atoms. The van der Waals surface area contributed by atoms with Crippen LogP contribution in [0.3, 0.4) is 0 Å². The van der Waals surface area contributed by atoms with Crippen LogP contribution in [0.1, 0.15) is 0 Å². The summed E-state index contributed by atoms with van der Waals surface area (Å²) >= 11 is 0. The minimum Gasteiger partial charge on any atom is -0.383 e. The maximum Gasteiger partial charge on any atom is 0.466 e. The number of fused-ring (bicyclic) bond motifs is 1. The largest absolute Gasteiger partial charge is 0.466 e. The fourth-order valence-corrected chi connectivity index (χ4v) is 1.65. The van der Waals surface area contributed by atoms with Crippen LogP contribution in [0.5, 0.6) is 0 Å². The Labute approximate surface area is 131 Å². The van der Waals surface area contributed by atoms with Gasteiger partial charge in [-0.15, -0.1) is 0 Å². The maximum atomic E-state index is 11.7. The van der Waals surface area contributed by atoms with Crippen molar-refractivity contribution in [3.05, 3.63) is 39.4 Å². The molecule has 0 saturated carbocycles. The van der Waals surface area contributed by atoms with Gasteiger partial charge in [-0.25, -0.2) is 23.7 Å². The second kappa shape index (κ2) is 6.21. The number of phosphoric acid groups is 1. The number of H-pyrrole nitrogens is 1. The first-order valence-corrected chi connectivity index (χ1v) is 7.50. The van der Waals surface area contributed by atoms with E-state index in [-0.39, 0.29) is 22.9 Å². The van der Waals surface area contributed by atoms with Crippen molar-refractivity contribution in [2.24, 2.45) is 0 Å². The number of nitrogens with one attached hydrogen (secondary N) is 1. The summed E-state index contributed by atoms with van der Waals surface area (Å²) in [6.45, 7) is 0. The van der Waals surface area contributed by atoms with Crippen molar-refractivity contribution in [2.75, 3.05) is 11.5 Å². The summed E-state index contributed by atoms with van der Waals surface area (Å²) < 4.78 is 11.3. The lowest BCUT2D eigenvalue weighted by atomic mass is 10.5. The van der Waals surface area contributed by atoms with Crippen LogP contribution in [0.15, 0.2) is 28.2 Å². The lowest BCUT2D eigenvalue weighted by Crippen LogP contribution is -2.28. The van der Waals surface area contributed by atoms with Crippen molar-refractivity contribution in [1.29, 1.82) is 0 Å². The predicted molar refractivity (Wildman–Crippen MR) is 80.5 cm³/mol. The van der Waals surface area contributed by atoms with Gasteiger partial charge in [0.05, 0.1) is 0 Å². The molecular weight excluding hydrogens is 347 g/mol. The number of hydrogen-bond acceptors (Lipinski definition) is 8. The third-order valence-electron chi connectivity index (χ3n) is 2.45. The Morgan fingerprint density at radius 3 is 2.33 bits per heavy atom. The van der Waals surface area contributed by atoms with Gasteiger partial charge in [-0.3, -0.25) is 9.78 Å². The standard InChI is InChI=1S/C9H8N8O2.H3O4P/c10-4-1-2-16(9(19)13-4)17-3-12-5-6(17)14-8(11)15-7(5)18;1-5(2,3)4/h1-3H,(H2,10,13,19)(H3,11,14,15,18);(H3,1,2,3,4). The van der Waals surface area contributed by atoms with E-state index in [4.69, 9.17) is 30.7 Å². The van der Waals surface area contributed by atoms with Crippen molar-refractivity contribution < 1.29 is 19.2 Å². The molecule has 0 aromatic carbocycles. The molecule has 3 heterocycles. The smallest absolute Gasteiger partial charge is 0.383 e. The van der Waals surface area contributed by atoms with Gasteiger partial charge in [-0.2, -0.15) is 9.97 Å². The van der Waals surface area contributed by atoms with E-state index in [0.29, 0.717) is 0 Å². The molecule has 0 aliphatic rings. The van der Waals surface area contributed by atoms with Gasteiger partial charge in [0.15, 0.2) is 11.2 Å². The molecule has 0 unspecified atom stereocenters. The van der Waals surface area contributed by atoms with Gasteiger partial charge in [0.25, 0.3) is 5.56 Å². The molecule has 3 rings (SSSR count). The zero-order valence-electron chi connectivity index (χ0n) is 11.6. The SMILES string of the molecule is Nc1ccn(-n2cnc3c(=O)[nH]c(N)nc32)c(=O)n1.O=P(O)(O)O. The van der Waals surface area contributed by atoms with E-state index in [2.05, 4.69) is 19.9 Å². The van der Waals surface area contributed by atoms with E-state index in [1.165, 1.54) is 23.3 Å². The average Bonchev–Trinajstić information content (AvgIpc) is 2.80. The molecule has 0 spiro atoms. The lowest BCUT2D eigenvalue weighted by molar-refractivity contribution is 0.275. The topological polar surface area (TPSA) is 228 Å². The Morgan fingerprint density at radius 2 is 1.75 bits per heavy atom. The molecule has 0 saturated heterocycles. The summed E-state index contributed by atoms with van der Waals surface area (Å²) in [5.74, 6) is 0.0201. The van der Waals surface area contributed by atoms with Crippen LogP contribution in [0, 0.1) is 0 Å². The lowest BCUT2D eigenvalue weighted by Gasteiger charge is -2.06. The van der Waals surface area contributed by atoms with Crippen molar-refractivity contribution in [2.45, 2.75) is 0 Å². The van der Waals surface area contributed by atoms with E-state index < -0.39 is 19.1 Å². The number of rotatable bonds is 1. The van der Waals surface area contributed by atoms with Crippen molar-refractivity contribution in [3.63, 3.8) is 0 Å². The monoisotopic (exact) mass is 358 g/mol. The first kappa shape index (κ1) is 17.3. The third kappa shape index (κ3) is 4.02. The van der Waals surface area contributed by atoms with Crippen LogP contribution >= 0.6 is 7.82 Å². The molecule has 0 aliphatic heterocycles. The second-order valence-electron chi connectivity index (χ2n) is 4.21. The quantitative estimate of drug-likeness (QED) is 0.244. The maximum absolute atomic E-state index is 11.7. The fraction of sp³-hybridized carbons (Fsp3) is 0. The van der Waals surface area contributed by atoms with Crippen molar-refractivity contribution >= 4 is 30.8 Å². The highest BCUT2D eigenvalue weighted by atomic mass is 31.2. The van der Waals surface area contributed by atoms with Crippen LogP contribution in [-0.4, -0.2) is 44.0 Å². The molecule has 0 amide bonds. The molecule has 0 fully saturated rings. The molecular formula is C9H11N8O6P. The predicted octanol–water partition coefficient (Wildman–Crippen LogP) is -2.78.